The van der Waals surface area contributed by atoms with Crippen LogP contribution in [0.15, 0.2) is 52.0 Å². The van der Waals surface area contributed by atoms with Gasteiger partial charge in [-0.05, 0) is 49.3 Å². The summed E-state index contributed by atoms with van der Waals surface area (Å²) < 4.78 is 5.40. The number of aryl methyl sites for hydroxylation is 1. The van der Waals surface area contributed by atoms with Gasteiger partial charge >= 0.3 is 0 Å². The van der Waals surface area contributed by atoms with Gasteiger partial charge in [-0.15, -0.1) is 11.8 Å². The van der Waals surface area contributed by atoms with Gasteiger partial charge in [0.2, 0.25) is 0 Å². The van der Waals surface area contributed by atoms with Crippen molar-refractivity contribution in [1.82, 2.24) is 5.32 Å². The molecule has 1 N–H and O–H groups in total. The number of benzene rings is 1. The van der Waals surface area contributed by atoms with Crippen LogP contribution in [-0.2, 0) is 6.42 Å². The zero-order valence-electron chi connectivity index (χ0n) is 11.8. The lowest BCUT2D eigenvalue weighted by molar-refractivity contribution is 0.407. The first-order chi connectivity index (χ1) is 9.83. The first-order valence-corrected chi connectivity index (χ1v) is 8.31. The van der Waals surface area contributed by atoms with E-state index >= 15 is 0 Å². The molecule has 3 heteroatoms. The van der Waals surface area contributed by atoms with E-state index in [-0.39, 0.29) is 0 Å². The molecule has 2 atom stereocenters. The summed E-state index contributed by atoms with van der Waals surface area (Å²) in [6.45, 7) is 2.27. The third-order valence-corrected chi connectivity index (χ3v) is 4.97. The van der Waals surface area contributed by atoms with Crippen LogP contribution in [0.4, 0.5) is 0 Å². The fourth-order valence-corrected chi connectivity index (χ4v) is 3.88. The second-order valence-corrected chi connectivity index (χ2v) is 6.55. The average molecular weight is 287 g/mol. The van der Waals surface area contributed by atoms with Crippen LogP contribution in [0.1, 0.15) is 37.1 Å². The molecule has 0 fully saturated rings. The van der Waals surface area contributed by atoms with Crippen molar-refractivity contribution in [2.45, 2.75) is 43.2 Å². The molecule has 0 saturated carbocycles. The number of thioether (sulfide) groups is 1. The van der Waals surface area contributed by atoms with E-state index in [4.69, 9.17) is 4.42 Å². The minimum absolute atomic E-state index is 0.499. The largest absolute Gasteiger partial charge is 0.469 e. The maximum Gasteiger partial charge on any atom is 0.103 e. The Hall–Kier alpha value is -1.19. The molecule has 0 amide bonds. The summed E-state index contributed by atoms with van der Waals surface area (Å²) in [5.74, 6) is 2.29. The zero-order chi connectivity index (χ0) is 13.8. The summed E-state index contributed by atoms with van der Waals surface area (Å²) in [6, 6.07) is 13.8. The van der Waals surface area contributed by atoms with E-state index in [1.165, 1.54) is 22.6 Å². The van der Waals surface area contributed by atoms with Crippen molar-refractivity contribution in [2.24, 2.45) is 0 Å². The predicted molar refractivity (Wildman–Crippen MR) is 84.2 cm³/mol. The molecule has 1 aromatic heterocycles. The second kappa shape index (κ2) is 6.51. The number of rotatable bonds is 5. The first-order valence-electron chi connectivity index (χ1n) is 7.33. The molecule has 1 aromatic carbocycles. The topological polar surface area (TPSA) is 25.2 Å². The molecule has 2 unspecified atom stereocenters. The third kappa shape index (κ3) is 3.28. The van der Waals surface area contributed by atoms with Crippen molar-refractivity contribution < 1.29 is 4.42 Å². The lowest BCUT2D eigenvalue weighted by Gasteiger charge is -2.28. The summed E-state index contributed by atoms with van der Waals surface area (Å²) in [4.78, 5) is 1.44. The fraction of sp³-hybridized carbons (Fsp3) is 0.412. The minimum atomic E-state index is 0.499. The Bertz CT molecular complexity index is 538. The molecule has 2 nitrogen and oxygen atoms in total. The van der Waals surface area contributed by atoms with Crippen LogP contribution in [0.3, 0.4) is 0 Å². The van der Waals surface area contributed by atoms with Gasteiger partial charge in [-0.25, -0.2) is 0 Å². The Morgan fingerprint density at radius 3 is 3.05 bits per heavy atom. The Morgan fingerprint density at radius 1 is 1.30 bits per heavy atom. The van der Waals surface area contributed by atoms with Gasteiger partial charge < -0.3 is 9.73 Å². The minimum Gasteiger partial charge on any atom is -0.469 e. The van der Waals surface area contributed by atoms with E-state index < -0.39 is 0 Å². The monoisotopic (exact) mass is 287 g/mol. The highest BCUT2D eigenvalue weighted by atomic mass is 32.2. The van der Waals surface area contributed by atoms with Crippen LogP contribution in [0.25, 0.3) is 0 Å². The molecule has 0 aliphatic carbocycles. The Balaban J connectivity index is 1.58. The summed E-state index contributed by atoms with van der Waals surface area (Å²) >= 11 is 1.98. The SMILES string of the molecule is CC(CCc1ccco1)NC1CCSc2ccccc21. The normalized spacial score (nSPS) is 19.6. The maximum atomic E-state index is 5.40. The summed E-state index contributed by atoms with van der Waals surface area (Å²) in [5.41, 5.74) is 1.47. The maximum absolute atomic E-state index is 5.40. The molecule has 3 rings (SSSR count). The van der Waals surface area contributed by atoms with Gasteiger partial charge in [0.1, 0.15) is 5.76 Å². The molecule has 2 aromatic rings. The summed E-state index contributed by atoms with van der Waals surface area (Å²) in [6.07, 6.45) is 5.08. The molecule has 106 valence electrons. The number of furan rings is 1. The Kier molecular flexibility index (Phi) is 4.48. The lowest BCUT2D eigenvalue weighted by Crippen LogP contribution is -2.32. The molecule has 2 heterocycles. The third-order valence-electron chi connectivity index (χ3n) is 3.85. The van der Waals surface area contributed by atoms with E-state index in [2.05, 4.69) is 42.6 Å². The molecule has 20 heavy (non-hydrogen) atoms. The molecule has 1 aliphatic heterocycles. The van der Waals surface area contributed by atoms with Gasteiger partial charge in [0.05, 0.1) is 6.26 Å². The van der Waals surface area contributed by atoms with E-state index in [0.717, 1.165) is 18.6 Å². The van der Waals surface area contributed by atoms with Crippen LogP contribution in [0.5, 0.6) is 0 Å². The number of hydrogen-bond donors (Lipinski definition) is 1. The second-order valence-electron chi connectivity index (χ2n) is 5.41. The quantitative estimate of drug-likeness (QED) is 0.881. The molecular formula is C17H21NOS. The fourth-order valence-electron chi connectivity index (χ4n) is 2.76. The Morgan fingerprint density at radius 2 is 2.20 bits per heavy atom. The van der Waals surface area contributed by atoms with E-state index in [1.807, 2.05) is 17.8 Å². The highest BCUT2D eigenvalue weighted by Gasteiger charge is 2.21. The van der Waals surface area contributed by atoms with Crippen molar-refractivity contribution in [2.75, 3.05) is 5.75 Å². The van der Waals surface area contributed by atoms with E-state index in [1.54, 1.807) is 6.26 Å². The van der Waals surface area contributed by atoms with Gasteiger partial charge in [0, 0.05) is 23.4 Å². The molecule has 1 aliphatic rings. The predicted octanol–water partition coefficient (Wildman–Crippen LogP) is 4.43. The van der Waals surface area contributed by atoms with Crippen molar-refractivity contribution >= 4 is 11.8 Å². The van der Waals surface area contributed by atoms with Gasteiger partial charge in [0.15, 0.2) is 0 Å². The summed E-state index contributed by atoms with van der Waals surface area (Å²) in [5, 5.41) is 3.78. The van der Waals surface area contributed by atoms with Gasteiger partial charge in [0.25, 0.3) is 0 Å². The van der Waals surface area contributed by atoms with Crippen LogP contribution in [-0.4, -0.2) is 11.8 Å². The molecular weight excluding hydrogens is 266 g/mol. The number of fused-ring (bicyclic) bond motifs is 1. The highest BCUT2D eigenvalue weighted by Crippen LogP contribution is 2.36. The van der Waals surface area contributed by atoms with Crippen LogP contribution < -0.4 is 5.32 Å². The average Bonchev–Trinajstić information content (AvgIpc) is 2.99. The lowest BCUT2D eigenvalue weighted by atomic mass is 10.0. The molecule has 0 spiro atoms. The van der Waals surface area contributed by atoms with E-state index in [0.29, 0.717) is 12.1 Å². The number of nitrogens with one attached hydrogen (secondary N) is 1. The van der Waals surface area contributed by atoms with Gasteiger partial charge in [-0.3, -0.25) is 0 Å². The smallest absolute Gasteiger partial charge is 0.103 e. The first kappa shape index (κ1) is 13.8. The Labute approximate surface area is 125 Å². The van der Waals surface area contributed by atoms with Crippen molar-refractivity contribution in [1.29, 1.82) is 0 Å². The molecule has 0 radical (unpaired) electrons. The van der Waals surface area contributed by atoms with E-state index in [9.17, 15) is 0 Å². The standard InChI is InChI=1S/C17H21NOS/c1-13(8-9-14-5-4-11-19-14)18-16-10-12-20-17-7-3-2-6-15(16)17/h2-7,11,13,16,18H,8-10,12H2,1H3. The zero-order valence-corrected chi connectivity index (χ0v) is 12.7. The molecule has 0 bridgehead atoms. The van der Waals surface area contributed by atoms with Crippen LogP contribution >= 0.6 is 11.8 Å². The van der Waals surface area contributed by atoms with Crippen molar-refractivity contribution in [3.05, 3.63) is 54.0 Å². The van der Waals surface area contributed by atoms with Gasteiger partial charge in [-0.1, -0.05) is 18.2 Å². The van der Waals surface area contributed by atoms with Crippen molar-refractivity contribution in [3.8, 4) is 0 Å². The highest BCUT2D eigenvalue weighted by molar-refractivity contribution is 7.99. The molecule has 0 saturated heterocycles. The van der Waals surface area contributed by atoms with Crippen molar-refractivity contribution in [3.63, 3.8) is 0 Å². The van der Waals surface area contributed by atoms with Crippen LogP contribution in [0, 0.1) is 0 Å². The summed E-state index contributed by atoms with van der Waals surface area (Å²) in [7, 11) is 0. The number of hydrogen-bond acceptors (Lipinski definition) is 3. The van der Waals surface area contributed by atoms with Gasteiger partial charge in [-0.2, -0.15) is 0 Å². The van der Waals surface area contributed by atoms with Crippen LogP contribution in [0.2, 0.25) is 0 Å².